The maximum Gasteiger partial charge on any atom is 0.260 e. The van der Waals surface area contributed by atoms with E-state index in [9.17, 15) is 0 Å². The molecule has 1 rings (SSSR count). The Hall–Kier alpha value is -1.52. The lowest BCUT2D eigenvalue weighted by molar-refractivity contribution is 0.379. The first kappa shape index (κ1) is 7.59. The summed E-state index contributed by atoms with van der Waals surface area (Å²) in [6.45, 7) is 0. The van der Waals surface area contributed by atoms with Crippen LogP contribution in [0.25, 0.3) is 0 Å². The summed E-state index contributed by atoms with van der Waals surface area (Å²) in [5, 5.41) is 7.24. The first-order chi connectivity index (χ1) is 5.29. The van der Waals surface area contributed by atoms with Crippen LogP contribution in [0.4, 0.5) is 5.69 Å². The predicted molar refractivity (Wildman–Crippen MR) is 39.5 cm³/mol. The van der Waals surface area contributed by atoms with Crippen LogP contribution in [0.3, 0.4) is 0 Å². The molecule has 0 aliphatic carbocycles. The maximum absolute atomic E-state index is 5.55. The van der Waals surface area contributed by atoms with Crippen LogP contribution in [0.2, 0.25) is 0 Å². The highest BCUT2D eigenvalue weighted by Gasteiger charge is 2.06. The zero-order valence-electron chi connectivity index (χ0n) is 6.37. The normalized spacial score (nSPS) is 9.27. The van der Waals surface area contributed by atoms with Gasteiger partial charge in [0, 0.05) is 0 Å². The summed E-state index contributed by atoms with van der Waals surface area (Å²) in [5.41, 5.74) is 5.92. The van der Waals surface area contributed by atoms with Crippen LogP contribution in [0, 0.1) is 0 Å². The first-order valence-corrected chi connectivity index (χ1v) is 2.98. The average molecular weight is 155 g/mol. The number of nitrogens with zero attached hydrogens (tertiary/aromatic N) is 2. The van der Waals surface area contributed by atoms with Crippen molar-refractivity contribution < 1.29 is 9.47 Å². The van der Waals surface area contributed by atoms with Crippen molar-refractivity contribution in [2.75, 3.05) is 20.0 Å². The van der Waals surface area contributed by atoms with Crippen molar-refractivity contribution in [1.82, 2.24) is 10.2 Å². The smallest absolute Gasteiger partial charge is 0.260 e. The second kappa shape index (κ2) is 3.05. The molecule has 0 radical (unpaired) electrons. The molecule has 0 saturated heterocycles. The molecule has 0 spiro atoms. The maximum atomic E-state index is 5.55. The molecule has 0 aromatic carbocycles. The lowest BCUT2D eigenvalue weighted by Gasteiger charge is -2.05. The topological polar surface area (TPSA) is 70.3 Å². The summed E-state index contributed by atoms with van der Waals surface area (Å²) in [7, 11) is 2.98. The molecular formula is C6H9N3O2. The molecule has 1 aromatic rings. The Kier molecular flexibility index (Phi) is 2.10. The van der Waals surface area contributed by atoms with Crippen molar-refractivity contribution in [1.29, 1.82) is 0 Å². The van der Waals surface area contributed by atoms with Gasteiger partial charge in [0.05, 0.1) is 20.4 Å². The zero-order valence-corrected chi connectivity index (χ0v) is 6.37. The van der Waals surface area contributed by atoms with Crippen LogP contribution in [0.5, 0.6) is 11.6 Å². The van der Waals surface area contributed by atoms with Crippen LogP contribution in [0.15, 0.2) is 6.20 Å². The van der Waals surface area contributed by atoms with Crippen LogP contribution in [-0.2, 0) is 0 Å². The van der Waals surface area contributed by atoms with Crippen LogP contribution in [-0.4, -0.2) is 24.4 Å². The van der Waals surface area contributed by atoms with Gasteiger partial charge in [0.15, 0.2) is 5.75 Å². The van der Waals surface area contributed by atoms with Crippen molar-refractivity contribution in [2.45, 2.75) is 0 Å². The van der Waals surface area contributed by atoms with Crippen LogP contribution >= 0.6 is 0 Å². The highest BCUT2D eigenvalue weighted by molar-refractivity contribution is 5.57. The van der Waals surface area contributed by atoms with Gasteiger partial charge in [-0.25, -0.2) is 0 Å². The van der Waals surface area contributed by atoms with E-state index in [-0.39, 0.29) is 5.88 Å². The third-order valence-corrected chi connectivity index (χ3v) is 1.23. The summed E-state index contributed by atoms with van der Waals surface area (Å²) >= 11 is 0. The van der Waals surface area contributed by atoms with E-state index in [1.807, 2.05) is 0 Å². The van der Waals surface area contributed by atoms with Crippen molar-refractivity contribution >= 4 is 5.69 Å². The van der Waals surface area contributed by atoms with Crippen molar-refractivity contribution in [3.05, 3.63) is 6.20 Å². The Morgan fingerprint density at radius 1 is 1.36 bits per heavy atom. The van der Waals surface area contributed by atoms with Crippen molar-refractivity contribution in [2.24, 2.45) is 0 Å². The molecule has 0 aliphatic rings. The molecule has 5 heteroatoms. The number of hydrogen-bond acceptors (Lipinski definition) is 5. The Balaban J connectivity index is 3.10. The second-order valence-electron chi connectivity index (χ2n) is 1.84. The molecule has 11 heavy (non-hydrogen) atoms. The fraction of sp³-hybridized carbons (Fsp3) is 0.333. The Morgan fingerprint density at radius 2 is 2.09 bits per heavy atom. The van der Waals surface area contributed by atoms with Gasteiger partial charge in [0.2, 0.25) is 0 Å². The number of methoxy groups -OCH3 is 2. The van der Waals surface area contributed by atoms with Gasteiger partial charge in [-0.1, -0.05) is 0 Å². The minimum Gasteiger partial charge on any atom is -0.493 e. The average Bonchev–Trinajstić information content (AvgIpc) is 2.05. The zero-order chi connectivity index (χ0) is 8.27. The molecule has 0 bridgehead atoms. The van der Waals surface area contributed by atoms with Gasteiger partial charge >= 0.3 is 0 Å². The molecule has 60 valence electrons. The molecular weight excluding hydrogens is 146 g/mol. The Morgan fingerprint density at radius 3 is 2.64 bits per heavy atom. The number of anilines is 1. The van der Waals surface area contributed by atoms with Gasteiger partial charge in [-0.2, -0.15) is 5.10 Å². The minimum atomic E-state index is 0.282. The molecule has 2 N–H and O–H groups in total. The lowest BCUT2D eigenvalue weighted by atomic mass is 10.4. The number of aromatic nitrogens is 2. The van der Waals surface area contributed by atoms with E-state index in [1.165, 1.54) is 20.4 Å². The van der Waals surface area contributed by atoms with E-state index < -0.39 is 0 Å². The molecule has 0 saturated carbocycles. The van der Waals surface area contributed by atoms with Gasteiger partial charge in [-0.05, 0) is 0 Å². The van der Waals surface area contributed by atoms with E-state index >= 15 is 0 Å². The van der Waals surface area contributed by atoms with Crippen LogP contribution < -0.4 is 15.2 Å². The summed E-state index contributed by atoms with van der Waals surface area (Å²) in [5.74, 6) is 0.751. The van der Waals surface area contributed by atoms with E-state index in [2.05, 4.69) is 10.2 Å². The molecule has 0 amide bonds. The summed E-state index contributed by atoms with van der Waals surface area (Å²) in [4.78, 5) is 0. The quantitative estimate of drug-likeness (QED) is 0.654. The standard InChI is InChI=1S/C6H9N3O2/c1-10-4-3-8-9-6(11-2)5(4)7/h3H,1-2H3,(H2,7,8). The Bertz CT molecular complexity index is 229. The fourth-order valence-corrected chi connectivity index (χ4v) is 0.676. The van der Waals surface area contributed by atoms with E-state index in [4.69, 9.17) is 15.2 Å². The summed E-state index contributed by atoms with van der Waals surface area (Å²) < 4.78 is 9.69. The van der Waals surface area contributed by atoms with Gasteiger partial charge in [0.25, 0.3) is 5.88 Å². The number of rotatable bonds is 2. The largest absolute Gasteiger partial charge is 0.493 e. The van der Waals surface area contributed by atoms with E-state index in [0.717, 1.165) is 0 Å². The number of hydrogen-bond donors (Lipinski definition) is 1. The number of nitrogen functional groups attached to an aromatic ring is 1. The van der Waals surface area contributed by atoms with Crippen molar-refractivity contribution in [3.63, 3.8) is 0 Å². The predicted octanol–water partition coefficient (Wildman–Crippen LogP) is 0.0760. The molecule has 1 aromatic heterocycles. The number of nitrogens with two attached hydrogens (primary N) is 1. The number of ether oxygens (including phenoxy) is 2. The third-order valence-electron chi connectivity index (χ3n) is 1.23. The first-order valence-electron chi connectivity index (χ1n) is 2.98. The third kappa shape index (κ3) is 1.31. The monoisotopic (exact) mass is 155 g/mol. The van der Waals surface area contributed by atoms with E-state index in [0.29, 0.717) is 11.4 Å². The molecule has 0 atom stereocenters. The van der Waals surface area contributed by atoms with Gasteiger partial charge in [-0.3, -0.25) is 0 Å². The highest BCUT2D eigenvalue weighted by Crippen LogP contribution is 2.26. The summed E-state index contributed by atoms with van der Waals surface area (Å²) in [6, 6.07) is 0. The van der Waals surface area contributed by atoms with Gasteiger partial charge in [-0.15, -0.1) is 5.10 Å². The second-order valence-corrected chi connectivity index (χ2v) is 1.84. The highest BCUT2D eigenvalue weighted by atomic mass is 16.5. The molecule has 5 nitrogen and oxygen atoms in total. The van der Waals surface area contributed by atoms with Gasteiger partial charge < -0.3 is 15.2 Å². The molecule has 0 aliphatic heterocycles. The van der Waals surface area contributed by atoms with Gasteiger partial charge in [0.1, 0.15) is 5.69 Å². The van der Waals surface area contributed by atoms with Crippen LogP contribution in [0.1, 0.15) is 0 Å². The molecule has 0 fully saturated rings. The van der Waals surface area contributed by atoms with E-state index in [1.54, 1.807) is 0 Å². The Labute approximate surface area is 64.1 Å². The molecule has 1 heterocycles. The SMILES string of the molecule is COc1cnnc(OC)c1N. The molecule has 0 unspecified atom stereocenters. The van der Waals surface area contributed by atoms with Crippen molar-refractivity contribution in [3.8, 4) is 11.6 Å². The fourth-order valence-electron chi connectivity index (χ4n) is 0.676. The summed E-state index contributed by atoms with van der Waals surface area (Å²) in [6.07, 6.45) is 1.43. The lowest BCUT2D eigenvalue weighted by Crippen LogP contribution is -1.99. The minimum absolute atomic E-state index is 0.282.